The highest BCUT2D eigenvalue weighted by Gasteiger charge is 2.19. The van der Waals surface area contributed by atoms with Crippen molar-refractivity contribution in [3.05, 3.63) is 36.9 Å². The van der Waals surface area contributed by atoms with Crippen molar-refractivity contribution < 1.29 is 9.53 Å². The molecule has 0 fully saturated rings. The average molecular weight is 325 g/mol. The largest absolute Gasteiger partial charge is 0.468 e. The number of rotatable bonds is 4. The number of hydrogen-bond donors (Lipinski definition) is 1. The molecule has 0 aliphatic heterocycles. The molecule has 7 heteroatoms. The summed E-state index contributed by atoms with van der Waals surface area (Å²) in [6.45, 7) is 3.97. The molecule has 0 spiro atoms. The average Bonchev–Trinajstić information content (AvgIpc) is 3.00. The minimum Gasteiger partial charge on any atom is -0.468 e. The Kier molecular flexibility index (Phi) is 4.41. The summed E-state index contributed by atoms with van der Waals surface area (Å²) in [7, 11) is 1.50. The minimum atomic E-state index is -0.259. The number of benzene rings is 1. The number of imidazole rings is 1. The van der Waals surface area contributed by atoms with Gasteiger partial charge in [0.1, 0.15) is 6.33 Å². The van der Waals surface area contributed by atoms with Crippen LogP contribution in [-0.2, 0) is 0 Å². The maximum Gasteiger partial charge on any atom is 0.330 e. The molecule has 2 aromatic heterocycles. The fraction of sp³-hybridized carbons (Fsp3) is 0.294. The highest BCUT2D eigenvalue weighted by atomic mass is 16.5. The van der Waals surface area contributed by atoms with Crippen LogP contribution < -0.4 is 10.1 Å². The van der Waals surface area contributed by atoms with Gasteiger partial charge in [-0.25, -0.2) is 19.3 Å². The first kappa shape index (κ1) is 15.9. The number of aromatic nitrogens is 4. The Hall–Kier alpha value is -2.96. The summed E-state index contributed by atoms with van der Waals surface area (Å²) in [6, 6.07) is 5.72. The molecule has 1 amide bonds. The van der Waals surface area contributed by atoms with E-state index in [-0.39, 0.29) is 18.1 Å². The molecule has 0 radical (unpaired) electrons. The predicted molar refractivity (Wildman–Crippen MR) is 91.0 cm³/mol. The van der Waals surface area contributed by atoms with E-state index in [1.165, 1.54) is 18.0 Å². The molecule has 0 bridgehead atoms. The van der Waals surface area contributed by atoms with E-state index in [1.54, 1.807) is 12.4 Å². The zero-order valence-corrected chi connectivity index (χ0v) is 13.9. The fourth-order valence-electron chi connectivity index (χ4n) is 2.39. The van der Waals surface area contributed by atoms with Crippen LogP contribution in [0.2, 0.25) is 0 Å². The van der Waals surface area contributed by atoms with E-state index in [1.807, 2.05) is 32.0 Å². The van der Waals surface area contributed by atoms with Crippen LogP contribution >= 0.6 is 0 Å². The van der Waals surface area contributed by atoms with Crippen LogP contribution in [0.1, 0.15) is 20.3 Å². The number of carbonyl (C=O) groups is 1. The number of carbonyl (C=O) groups excluding carboxylic acids is 1. The van der Waals surface area contributed by atoms with E-state index >= 15 is 0 Å². The van der Waals surface area contributed by atoms with E-state index in [0.29, 0.717) is 11.0 Å². The van der Waals surface area contributed by atoms with Gasteiger partial charge in [-0.05, 0) is 31.0 Å². The number of nitrogens with one attached hydrogen (secondary N) is 1. The molecule has 0 aliphatic carbocycles. The van der Waals surface area contributed by atoms with Crippen molar-refractivity contribution in [2.75, 3.05) is 7.11 Å². The van der Waals surface area contributed by atoms with E-state index < -0.39 is 0 Å². The van der Waals surface area contributed by atoms with Crippen molar-refractivity contribution in [2.24, 2.45) is 0 Å². The van der Waals surface area contributed by atoms with Crippen molar-refractivity contribution in [2.45, 2.75) is 26.3 Å². The number of nitrogens with zero attached hydrogens (tertiary/aromatic N) is 4. The molecule has 7 nitrogen and oxygen atoms in total. The topological polar surface area (TPSA) is 81.9 Å². The van der Waals surface area contributed by atoms with Crippen LogP contribution in [0.3, 0.4) is 0 Å². The van der Waals surface area contributed by atoms with Crippen LogP contribution in [0, 0.1) is 0 Å². The molecule has 1 aromatic carbocycles. The van der Waals surface area contributed by atoms with Gasteiger partial charge in [0.15, 0.2) is 0 Å². The number of methoxy groups -OCH3 is 1. The first-order valence-corrected chi connectivity index (χ1v) is 7.76. The van der Waals surface area contributed by atoms with Crippen LogP contribution in [0.5, 0.6) is 6.01 Å². The summed E-state index contributed by atoms with van der Waals surface area (Å²) >= 11 is 0. The SMILES string of the molecule is CCC(C)NC(=O)n1c(OC)nc2ccc(-c3cncnc3)cc21. The molecule has 1 unspecified atom stereocenters. The Labute approximate surface area is 139 Å². The van der Waals surface area contributed by atoms with Gasteiger partial charge in [-0.3, -0.25) is 0 Å². The third-order valence-electron chi connectivity index (χ3n) is 3.89. The van der Waals surface area contributed by atoms with Crippen LogP contribution in [0.25, 0.3) is 22.2 Å². The van der Waals surface area contributed by atoms with Gasteiger partial charge in [0.2, 0.25) is 0 Å². The van der Waals surface area contributed by atoms with Gasteiger partial charge in [0.05, 0.1) is 18.1 Å². The van der Waals surface area contributed by atoms with Gasteiger partial charge in [0, 0.05) is 24.0 Å². The Morgan fingerprint density at radius 2 is 2.04 bits per heavy atom. The van der Waals surface area contributed by atoms with Crippen LogP contribution in [-0.4, -0.2) is 38.7 Å². The smallest absolute Gasteiger partial charge is 0.330 e. The molecule has 0 aliphatic rings. The summed E-state index contributed by atoms with van der Waals surface area (Å²) in [4.78, 5) is 25.1. The Morgan fingerprint density at radius 1 is 1.29 bits per heavy atom. The number of amides is 1. The molecular weight excluding hydrogens is 306 g/mol. The van der Waals surface area contributed by atoms with Gasteiger partial charge in [0.25, 0.3) is 0 Å². The lowest BCUT2D eigenvalue weighted by Crippen LogP contribution is -2.35. The molecule has 0 saturated carbocycles. The molecule has 124 valence electrons. The first-order valence-electron chi connectivity index (χ1n) is 7.76. The van der Waals surface area contributed by atoms with E-state index in [2.05, 4.69) is 20.3 Å². The Bertz CT molecular complexity index is 860. The van der Waals surface area contributed by atoms with Gasteiger partial charge in [-0.1, -0.05) is 13.0 Å². The quantitative estimate of drug-likeness (QED) is 0.797. The summed E-state index contributed by atoms with van der Waals surface area (Å²) in [5, 5.41) is 2.94. The maximum atomic E-state index is 12.6. The molecule has 0 saturated heterocycles. The van der Waals surface area contributed by atoms with Crippen molar-refractivity contribution >= 4 is 17.1 Å². The third-order valence-corrected chi connectivity index (χ3v) is 3.89. The summed E-state index contributed by atoms with van der Waals surface area (Å²) in [5.74, 6) is 0. The highest BCUT2D eigenvalue weighted by Crippen LogP contribution is 2.26. The van der Waals surface area contributed by atoms with Gasteiger partial charge in [-0.2, -0.15) is 4.98 Å². The van der Waals surface area contributed by atoms with Gasteiger partial charge >= 0.3 is 12.0 Å². The lowest BCUT2D eigenvalue weighted by atomic mass is 10.1. The summed E-state index contributed by atoms with van der Waals surface area (Å²) < 4.78 is 6.73. The lowest BCUT2D eigenvalue weighted by Gasteiger charge is -2.13. The Morgan fingerprint density at radius 3 is 2.71 bits per heavy atom. The molecule has 3 aromatic rings. The van der Waals surface area contributed by atoms with Crippen LogP contribution in [0.4, 0.5) is 4.79 Å². The van der Waals surface area contributed by atoms with Gasteiger partial charge < -0.3 is 10.1 Å². The second kappa shape index (κ2) is 6.66. The number of fused-ring (bicyclic) bond motifs is 1. The van der Waals surface area contributed by atoms with Crippen LogP contribution in [0.15, 0.2) is 36.9 Å². The maximum absolute atomic E-state index is 12.6. The monoisotopic (exact) mass is 325 g/mol. The normalized spacial score (nSPS) is 12.1. The second-order valence-electron chi connectivity index (χ2n) is 5.52. The highest BCUT2D eigenvalue weighted by molar-refractivity contribution is 5.93. The molecule has 1 atom stereocenters. The molecular formula is C17H19N5O2. The molecule has 3 rings (SSSR count). The first-order chi connectivity index (χ1) is 11.6. The van der Waals surface area contributed by atoms with Crippen molar-refractivity contribution in [1.82, 2.24) is 24.8 Å². The molecule has 1 N–H and O–H groups in total. The fourth-order valence-corrected chi connectivity index (χ4v) is 2.39. The summed E-state index contributed by atoms with van der Waals surface area (Å²) in [5.41, 5.74) is 3.14. The summed E-state index contributed by atoms with van der Waals surface area (Å²) in [6.07, 6.45) is 5.78. The Balaban J connectivity index is 2.10. The minimum absolute atomic E-state index is 0.0605. The standard InChI is InChI=1S/C17H19N5O2/c1-4-11(2)20-16(23)22-15-7-12(13-8-18-10-19-9-13)5-6-14(15)21-17(22)24-3/h5-11H,4H2,1-3H3,(H,20,23). The van der Waals surface area contributed by atoms with E-state index in [9.17, 15) is 4.79 Å². The second-order valence-corrected chi connectivity index (χ2v) is 5.52. The third kappa shape index (κ3) is 2.92. The van der Waals surface area contributed by atoms with Crippen molar-refractivity contribution in [3.8, 4) is 17.1 Å². The lowest BCUT2D eigenvalue weighted by molar-refractivity contribution is 0.235. The molecule has 2 heterocycles. The predicted octanol–water partition coefficient (Wildman–Crippen LogP) is 2.86. The zero-order chi connectivity index (χ0) is 17.1. The van der Waals surface area contributed by atoms with Crippen molar-refractivity contribution in [1.29, 1.82) is 0 Å². The van der Waals surface area contributed by atoms with Gasteiger partial charge in [-0.15, -0.1) is 0 Å². The molecule has 24 heavy (non-hydrogen) atoms. The number of hydrogen-bond acceptors (Lipinski definition) is 5. The van der Waals surface area contributed by atoms with Crippen molar-refractivity contribution in [3.63, 3.8) is 0 Å². The number of ether oxygens (including phenoxy) is 1. The zero-order valence-electron chi connectivity index (χ0n) is 13.9. The van der Waals surface area contributed by atoms with E-state index in [4.69, 9.17) is 4.74 Å². The van der Waals surface area contributed by atoms with E-state index in [0.717, 1.165) is 17.5 Å².